The van der Waals surface area contributed by atoms with E-state index in [1.54, 1.807) is 18.3 Å². The van der Waals surface area contributed by atoms with Crippen molar-refractivity contribution in [2.24, 2.45) is 0 Å². The number of nitrogens with zero attached hydrogens (tertiary/aromatic N) is 1. The molecule has 4 nitrogen and oxygen atoms in total. The second-order valence-electron chi connectivity index (χ2n) is 4.66. The van der Waals surface area contributed by atoms with E-state index in [9.17, 15) is 4.79 Å². The van der Waals surface area contributed by atoms with Crippen LogP contribution < -0.4 is 10.6 Å². The summed E-state index contributed by atoms with van der Waals surface area (Å²) in [4.78, 5) is 16.4. The van der Waals surface area contributed by atoms with Crippen LogP contribution in [0.2, 0.25) is 5.15 Å². The molecular formula is C13H18ClN3O. The number of hydrogen-bond donors (Lipinski definition) is 2. The van der Waals surface area contributed by atoms with Crippen molar-refractivity contribution in [2.75, 3.05) is 11.9 Å². The Morgan fingerprint density at radius 3 is 3.11 bits per heavy atom. The molecule has 1 saturated heterocycles. The van der Waals surface area contributed by atoms with Gasteiger partial charge in [-0.15, -0.1) is 0 Å². The molecule has 0 saturated carbocycles. The van der Waals surface area contributed by atoms with Gasteiger partial charge in [0.2, 0.25) is 5.91 Å². The van der Waals surface area contributed by atoms with E-state index in [4.69, 9.17) is 11.6 Å². The van der Waals surface area contributed by atoms with Gasteiger partial charge in [0.05, 0.1) is 11.2 Å². The van der Waals surface area contributed by atoms with Crippen molar-refractivity contribution >= 4 is 23.2 Å². The second kappa shape index (κ2) is 5.67. The molecule has 1 aromatic heterocycles. The fourth-order valence-electron chi connectivity index (χ4n) is 2.47. The first kappa shape index (κ1) is 13.3. The number of carbonyl (C=O) groups is 1. The third kappa shape index (κ3) is 2.65. The van der Waals surface area contributed by atoms with Crippen molar-refractivity contribution in [1.82, 2.24) is 10.3 Å². The molecule has 1 atom stereocenters. The number of aromatic nitrogens is 1. The Kier molecular flexibility index (Phi) is 4.19. The molecule has 0 radical (unpaired) electrons. The predicted molar refractivity (Wildman–Crippen MR) is 72.8 cm³/mol. The van der Waals surface area contributed by atoms with Gasteiger partial charge in [-0.1, -0.05) is 24.9 Å². The molecule has 1 aliphatic heterocycles. The molecule has 2 N–H and O–H groups in total. The number of halogens is 1. The number of amides is 1. The van der Waals surface area contributed by atoms with Crippen LogP contribution >= 0.6 is 11.6 Å². The van der Waals surface area contributed by atoms with Crippen LogP contribution in [-0.4, -0.2) is 23.0 Å². The fourth-order valence-corrected chi connectivity index (χ4v) is 2.64. The number of hydrogen-bond acceptors (Lipinski definition) is 3. The van der Waals surface area contributed by atoms with Crippen molar-refractivity contribution in [3.8, 4) is 0 Å². The van der Waals surface area contributed by atoms with Crippen LogP contribution in [0.4, 0.5) is 5.69 Å². The van der Waals surface area contributed by atoms with Gasteiger partial charge in [-0.25, -0.2) is 4.98 Å². The molecule has 1 aromatic rings. The summed E-state index contributed by atoms with van der Waals surface area (Å²) in [6, 6.07) is 3.53. The number of pyridine rings is 1. The van der Waals surface area contributed by atoms with Crippen LogP contribution in [0, 0.1) is 0 Å². The Bertz CT molecular complexity index is 430. The molecule has 0 spiro atoms. The van der Waals surface area contributed by atoms with Gasteiger partial charge in [-0.05, 0) is 37.9 Å². The van der Waals surface area contributed by atoms with Crippen LogP contribution in [0.5, 0.6) is 0 Å². The highest BCUT2D eigenvalue weighted by Crippen LogP contribution is 2.27. The fraction of sp³-hybridized carbons (Fsp3) is 0.538. The summed E-state index contributed by atoms with van der Waals surface area (Å²) in [6.45, 7) is 2.99. The van der Waals surface area contributed by atoms with Gasteiger partial charge in [0.15, 0.2) is 5.15 Å². The molecule has 98 valence electrons. The summed E-state index contributed by atoms with van der Waals surface area (Å²) in [5.74, 6) is -0.00301. The largest absolute Gasteiger partial charge is 0.322 e. The van der Waals surface area contributed by atoms with Crippen molar-refractivity contribution in [2.45, 2.75) is 38.1 Å². The number of anilines is 1. The van der Waals surface area contributed by atoms with E-state index in [2.05, 4.69) is 22.5 Å². The minimum atomic E-state index is -0.437. The first-order chi connectivity index (χ1) is 8.68. The van der Waals surface area contributed by atoms with Crippen LogP contribution in [0.25, 0.3) is 0 Å². The Labute approximate surface area is 112 Å². The van der Waals surface area contributed by atoms with E-state index in [1.165, 1.54) is 0 Å². The zero-order valence-corrected chi connectivity index (χ0v) is 11.3. The molecule has 2 heterocycles. The first-order valence-corrected chi connectivity index (χ1v) is 6.73. The normalized spacial score (nSPS) is 23.0. The monoisotopic (exact) mass is 267 g/mol. The SMILES string of the molecule is CCCC1(C(=O)Nc2cccnc2Cl)CCCN1. The molecule has 18 heavy (non-hydrogen) atoms. The van der Waals surface area contributed by atoms with Crippen LogP contribution in [0.3, 0.4) is 0 Å². The van der Waals surface area contributed by atoms with Crippen molar-refractivity contribution in [1.29, 1.82) is 0 Å². The van der Waals surface area contributed by atoms with Crippen LogP contribution in [-0.2, 0) is 4.79 Å². The average Bonchev–Trinajstić information content (AvgIpc) is 2.82. The quantitative estimate of drug-likeness (QED) is 0.825. The van der Waals surface area contributed by atoms with E-state index in [1.807, 2.05) is 0 Å². The molecule has 0 aliphatic carbocycles. The number of nitrogens with one attached hydrogen (secondary N) is 2. The average molecular weight is 268 g/mol. The van der Waals surface area contributed by atoms with Gasteiger partial charge >= 0.3 is 0 Å². The maximum absolute atomic E-state index is 12.4. The summed E-state index contributed by atoms with van der Waals surface area (Å²) in [7, 11) is 0. The molecule has 1 aliphatic rings. The van der Waals surface area contributed by atoms with Crippen molar-refractivity contribution in [3.05, 3.63) is 23.5 Å². The van der Waals surface area contributed by atoms with E-state index in [-0.39, 0.29) is 5.91 Å². The molecule has 1 unspecified atom stereocenters. The Hall–Kier alpha value is -1.13. The van der Waals surface area contributed by atoms with Gasteiger partial charge in [-0.2, -0.15) is 0 Å². The van der Waals surface area contributed by atoms with Crippen molar-refractivity contribution < 1.29 is 4.79 Å². The standard InChI is InChI=1S/C13H18ClN3O/c1-2-6-13(7-4-9-16-13)12(18)17-10-5-3-8-15-11(10)14/h3,5,8,16H,2,4,6-7,9H2,1H3,(H,17,18). The molecule has 0 bridgehead atoms. The minimum absolute atomic E-state index is 0.00301. The van der Waals surface area contributed by atoms with Gasteiger partial charge in [0.25, 0.3) is 0 Å². The molecule has 1 amide bonds. The van der Waals surface area contributed by atoms with E-state index < -0.39 is 5.54 Å². The minimum Gasteiger partial charge on any atom is -0.322 e. The van der Waals surface area contributed by atoms with Gasteiger partial charge in [-0.3, -0.25) is 4.79 Å². The lowest BCUT2D eigenvalue weighted by Crippen LogP contribution is -2.50. The highest BCUT2D eigenvalue weighted by atomic mass is 35.5. The van der Waals surface area contributed by atoms with E-state index in [0.29, 0.717) is 10.8 Å². The predicted octanol–water partition coefficient (Wildman–Crippen LogP) is 2.60. The Morgan fingerprint density at radius 2 is 2.50 bits per heavy atom. The lowest BCUT2D eigenvalue weighted by atomic mass is 9.91. The summed E-state index contributed by atoms with van der Waals surface area (Å²) in [5, 5.41) is 6.55. The maximum atomic E-state index is 12.4. The van der Waals surface area contributed by atoms with Crippen LogP contribution in [0.1, 0.15) is 32.6 Å². The van der Waals surface area contributed by atoms with Gasteiger partial charge < -0.3 is 10.6 Å². The third-order valence-corrected chi connectivity index (χ3v) is 3.66. The number of rotatable bonds is 4. The maximum Gasteiger partial charge on any atom is 0.244 e. The highest BCUT2D eigenvalue weighted by Gasteiger charge is 2.40. The summed E-state index contributed by atoms with van der Waals surface area (Å²) in [5.41, 5.74) is 0.141. The topological polar surface area (TPSA) is 54.0 Å². The lowest BCUT2D eigenvalue weighted by molar-refractivity contribution is -0.122. The van der Waals surface area contributed by atoms with Gasteiger partial charge in [0, 0.05) is 6.20 Å². The molecular weight excluding hydrogens is 250 g/mol. The zero-order valence-electron chi connectivity index (χ0n) is 10.5. The molecule has 1 fully saturated rings. The van der Waals surface area contributed by atoms with Crippen molar-refractivity contribution in [3.63, 3.8) is 0 Å². The van der Waals surface area contributed by atoms with E-state index in [0.717, 1.165) is 32.2 Å². The zero-order chi connectivity index (χ0) is 13.0. The Morgan fingerprint density at radius 1 is 1.67 bits per heavy atom. The molecule has 0 aromatic carbocycles. The Balaban J connectivity index is 2.13. The summed E-state index contributed by atoms with van der Waals surface area (Å²) < 4.78 is 0. The molecule has 5 heteroatoms. The van der Waals surface area contributed by atoms with E-state index >= 15 is 0 Å². The smallest absolute Gasteiger partial charge is 0.244 e. The van der Waals surface area contributed by atoms with Gasteiger partial charge in [0.1, 0.15) is 0 Å². The first-order valence-electron chi connectivity index (χ1n) is 6.35. The summed E-state index contributed by atoms with van der Waals surface area (Å²) in [6.07, 6.45) is 5.34. The number of carbonyl (C=O) groups excluding carboxylic acids is 1. The molecule has 2 rings (SSSR count). The van der Waals surface area contributed by atoms with Crippen LogP contribution in [0.15, 0.2) is 18.3 Å². The second-order valence-corrected chi connectivity index (χ2v) is 5.02. The highest BCUT2D eigenvalue weighted by molar-refractivity contribution is 6.32. The summed E-state index contributed by atoms with van der Waals surface area (Å²) >= 11 is 5.95. The lowest BCUT2D eigenvalue weighted by Gasteiger charge is -2.27. The third-order valence-electron chi connectivity index (χ3n) is 3.36.